The molecule has 55 heavy (non-hydrogen) atoms. The van der Waals surface area contributed by atoms with E-state index >= 15 is 0 Å². The molecule has 3 heterocycles. The quantitative estimate of drug-likeness (QED) is 0.262. The zero-order chi connectivity index (χ0) is 39.8. The van der Waals surface area contributed by atoms with Crippen LogP contribution < -0.4 is 16.0 Å². The number of ether oxygens (including phenoxy) is 1. The lowest BCUT2D eigenvalue weighted by atomic mass is 9.86. The second kappa shape index (κ2) is 18.8. The Kier molecular flexibility index (Phi) is 14.2. The lowest BCUT2D eigenvalue weighted by Crippen LogP contribution is -2.61. The van der Waals surface area contributed by atoms with Gasteiger partial charge in [-0.25, -0.2) is 13.6 Å². The van der Waals surface area contributed by atoms with Gasteiger partial charge in [-0.05, 0) is 62.6 Å². The summed E-state index contributed by atoms with van der Waals surface area (Å²) in [6.45, 7) is 0.198. The molecule has 1 saturated carbocycles. The molecule has 1 aromatic carbocycles. The maximum absolute atomic E-state index is 14.3. The van der Waals surface area contributed by atoms with Gasteiger partial charge in [0.15, 0.2) is 0 Å². The summed E-state index contributed by atoms with van der Waals surface area (Å²) in [5.41, 5.74) is 0.0666. The molecule has 15 nitrogen and oxygen atoms in total. The Balaban J connectivity index is 1.43. The van der Waals surface area contributed by atoms with Crippen molar-refractivity contribution in [3.8, 4) is 0 Å². The SMILES string of the molecule is C[C@@H]1NC(=O)[C@H](CO)N(C)C(=O)[C@@H]2CCCN2C(=O)[C@@H](NC(=O)[C@H](Cc2cc(F)cc(F)c2)NC(=O)CCC2CCCCC2)COC(=O)[C@@H]2CCCN2C1=O. The molecule has 4 aliphatic rings. The predicted molar refractivity (Wildman–Crippen MR) is 191 cm³/mol. The molecule has 4 fully saturated rings. The van der Waals surface area contributed by atoms with E-state index in [-0.39, 0.29) is 44.3 Å². The number of nitrogens with one attached hydrogen (secondary N) is 3. The van der Waals surface area contributed by atoms with E-state index in [1.807, 2.05) is 0 Å². The molecule has 6 amide bonds. The number of carbonyl (C=O) groups is 7. The summed E-state index contributed by atoms with van der Waals surface area (Å²) in [6, 6.07) is -4.95. The van der Waals surface area contributed by atoms with Crippen LogP contribution in [0.4, 0.5) is 8.78 Å². The Bertz CT molecular complexity index is 1600. The highest BCUT2D eigenvalue weighted by Gasteiger charge is 2.44. The maximum Gasteiger partial charge on any atom is 0.328 e. The van der Waals surface area contributed by atoms with Crippen molar-refractivity contribution in [2.75, 3.05) is 33.4 Å². The molecule has 5 rings (SSSR count). The summed E-state index contributed by atoms with van der Waals surface area (Å²) in [6.07, 6.45) is 6.91. The molecule has 3 saturated heterocycles. The third kappa shape index (κ3) is 10.3. The van der Waals surface area contributed by atoms with Gasteiger partial charge >= 0.3 is 5.97 Å². The summed E-state index contributed by atoms with van der Waals surface area (Å²) >= 11 is 0. The highest BCUT2D eigenvalue weighted by Crippen LogP contribution is 2.27. The van der Waals surface area contributed by atoms with Gasteiger partial charge in [0.1, 0.15) is 54.5 Å². The fourth-order valence-electron chi connectivity index (χ4n) is 8.11. The Labute approximate surface area is 318 Å². The number of halogens is 2. The minimum Gasteiger partial charge on any atom is -0.461 e. The minimum absolute atomic E-state index is 0.0666. The fourth-order valence-corrected chi connectivity index (χ4v) is 8.11. The van der Waals surface area contributed by atoms with Gasteiger partial charge in [0, 0.05) is 39.0 Å². The third-order valence-corrected chi connectivity index (χ3v) is 11.2. The first-order valence-corrected chi connectivity index (χ1v) is 19.3. The standard InChI is InChI=1S/C38H52F2N6O9/c1-22-35(51)46-15-7-11-30(46)38(54)55-21-28(36(52)45-14-6-10-29(45)37(53)44(2)31(20-47)34(50)41-22)43-33(49)27(18-24-16-25(39)19-26(40)17-24)42-32(48)13-12-23-8-4-3-5-9-23/h16-17,19,22-23,27-31,47H,3-15,18,20-21H2,1-2H3,(H,41,50)(H,42,48)(H,43,49)/t22-,27-,28-,29-,30-,31-/m0/s1. The van der Waals surface area contributed by atoms with Crippen molar-refractivity contribution in [3.63, 3.8) is 0 Å². The van der Waals surface area contributed by atoms with Crippen LogP contribution in [0.3, 0.4) is 0 Å². The highest BCUT2D eigenvalue weighted by molar-refractivity contribution is 5.97. The zero-order valence-corrected chi connectivity index (χ0v) is 31.4. The number of esters is 1. The molecule has 1 aromatic rings. The number of hydrogen-bond acceptors (Lipinski definition) is 9. The molecule has 0 radical (unpaired) electrons. The van der Waals surface area contributed by atoms with Gasteiger partial charge in [0.2, 0.25) is 35.4 Å². The first-order chi connectivity index (χ1) is 26.3. The first-order valence-electron chi connectivity index (χ1n) is 19.3. The van der Waals surface area contributed by atoms with Crippen molar-refractivity contribution >= 4 is 41.4 Å². The number of likely N-dealkylation sites (N-methyl/N-ethyl adjacent to an activating group) is 1. The zero-order valence-electron chi connectivity index (χ0n) is 31.4. The molecular weight excluding hydrogens is 722 g/mol. The lowest BCUT2D eigenvalue weighted by molar-refractivity contribution is -0.158. The lowest BCUT2D eigenvalue weighted by Gasteiger charge is -2.35. The fraction of sp³-hybridized carbons (Fsp3) is 0.658. The van der Waals surface area contributed by atoms with Crippen molar-refractivity contribution in [2.45, 2.75) is 120 Å². The van der Waals surface area contributed by atoms with E-state index in [9.17, 15) is 47.4 Å². The normalized spacial score (nSPS) is 26.6. The summed E-state index contributed by atoms with van der Waals surface area (Å²) in [4.78, 5) is 99.0. The van der Waals surface area contributed by atoms with Crippen molar-refractivity contribution in [2.24, 2.45) is 5.92 Å². The van der Waals surface area contributed by atoms with Crippen molar-refractivity contribution in [1.82, 2.24) is 30.7 Å². The van der Waals surface area contributed by atoms with Gasteiger partial charge in [0.05, 0.1) is 6.61 Å². The van der Waals surface area contributed by atoms with E-state index in [1.165, 1.54) is 23.8 Å². The van der Waals surface area contributed by atoms with Gasteiger partial charge < -0.3 is 40.5 Å². The van der Waals surface area contributed by atoms with Crippen LogP contribution in [0.5, 0.6) is 0 Å². The number of cyclic esters (lactones) is 1. The molecule has 0 bridgehead atoms. The van der Waals surface area contributed by atoms with Gasteiger partial charge in [-0.15, -0.1) is 0 Å². The molecule has 3 aliphatic heterocycles. The van der Waals surface area contributed by atoms with Crippen molar-refractivity contribution in [3.05, 3.63) is 35.4 Å². The van der Waals surface area contributed by atoms with Crippen LogP contribution in [-0.4, -0.2) is 131 Å². The number of rotatable bonds is 9. The van der Waals surface area contributed by atoms with Crippen molar-refractivity contribution in [1.29, 1.82) is 0 Å². The van der Waals surface area contributed by atoms with Crippen LogP contribution in [0.1, 0.15) is 83.1 Å². The average molecular weight is 775 g/mol. The number of fused-ring (bicyclic) bond motifs is 2. The van der Waals surface area contributed by atoms with E-state index in [0.717, 1.165) is 49.1 Å². The second-order valence-electron chi connectivity index (χ2n) is 15.1. The first kappa shape index (κ1) is 41.5. The van der Waals surface area contributed by atoms with Crippen molar-refractivity contribution < 1.29 is 52.2 Å². The van der Waals surface area contributed by atoms with E-state index < -0.39 is 103 Å². The summed E-state index contributed by atoms with van der Waals surface area (Å²) in [7, 11) is 1.30. The van der Waals surface area contributed by atoms with Gasteiger partial charge in [0.25, 0.3) is 0 Å². The number of aliphatic hydroxyl groups excluding tert-OH is 1. The Morgan fingerprint density at radius 3 is 2.18 bits per heavy atom. The largest absolute Gasteiger partial charge is 0.461 e. The average Bonchev–Trinajstić information content (AvgIpc) is 3.85. The Morgan fingerprint density at radius 1 is 0.891 bits per heavy atom. The van der Waals surface area contributed by atoms with Crippen LogP contribution in [0.15, 0.2) is 18.2 Å². The molecule has 4 N–H and O–H groups in total. The van der Waals surface area contributed by atoms with Crippen LogP contribution in [-0.2, 0) is 44.7 Å². The van der Waals surface area contributed by atoms with E-state index in [2.05, 4.69) is 16.0 Å². The topological polar surface area (TPSA) is 195 Å². The number of hydrogen-bond donors (Lipinski definition) is 4. The molecule has 0 spiro atoms. The number of benzene rings is 1. The number of nitrogens with zero attached hydrogens (tertiary/aromatic N) is 3. The van der Waals surface area contributed by atoms with Crippen LogP contribution in [0.2, 0.25) is 0 Å². The second-order valence-corrected chi connectivity index (χ2v) is 15.1. The van der Waals surface area contributed by atoms with Crippen LogP contribution in [0, 0.1) is 17.6 Å². The molecule has 6 atom stereocenters. The van der Waals surface area contributed by atoms with Gasteiger partial charge in [-0.1, -0.05) is 32.1 Å². The molecule has 302 valence electrons. The number of aliphatic hydroxyl groups is 1. The maximum atomic E-state index is 14.3. The third-order valence-electron chi connectivity index (χ3n) is 11.2. The Morgan fingerprint density at radius 2 is 1.53 bits per heavy atom. The molecule has 1 aliphatic carbocycles. The predicted octanol–water partition coefficient (Wildman–Crippen LogP) is 0.700. The smallest absolute Gasteiger partial charge is 0.328 e. The summed E-state index contributed by atoms with van der Waals surface area (Å²) in [5.74, 6) is -6.51. The van der Waals surface area contributed by atoms with Crippen LogP contribution >= 0.6 is 0 Å². The molecule has 0 aromatic heterocycles. The molecule has 0 unspecified atom stereocenters. The monoisotopic (exact) mass is 774 g/mol. The molecular formula is C38H52F2N6O9. The van der Waals surface area contributed by atoms with E-state index in [4.69, 9.17) is 4.74 Å². The number of amides is 6. The number of carbonyl (C=O) groups excluding carboxylic acids is 7. The van der Waals surface area contributed by atoms with E-state index in [0.29, 0.717) is 31.2 Å². The molecule has 17 heteroatoms. The summed E-state index contributed by atoms with van der Waals surface area (Å²) in [5, 5.41) is 17.9. The highest BCUT2D eigenvalue weighted by atomic mass is 19.1. The summed E-state index contributed by atoms with van der Waals surface area (Å²) < 4.78 is 34.0. The van der Waals surface area contributed by atoms with Gasteiger partial charge in [-0.2, -0.15) is 0 Å². The Hall–Kier alpha value is -4.67. The van der Waals surface area contributed by atoms with Gasteiger partial charge in [-0.3, -0.25) is 28.8 Å². The minimum atomic E-state index is -1.59. The van der Waals surface area contributed by atoms with E-state index in [1.54, 1.807) is 0 Å². The van der Waals surface area contributed by atoms with Crippen LogP contribution in [0.25, 0.3) is 0 Å².